The Morgan fingerprint density at radius 3 is 2.62 bits per heavy atom. The summed E-state index contributed by atoms with van der Waals surface area (Å²) in [6, 6.07) is 0.734. The number of hydrogen-bond donors (Lipinski definition) is 2. The minimum Gasteiger partial charge on any atom is -0.393 e. The molecule has 0 amide bonds. The van der Waals surface area contributed by atoms with E-state index in [9.17, 15) is 5.11 Å². The molecule has 0 aromatic carbocycles. The Morgan fingerprint density at radius 1 is 1.31 bits per heavy atom. The molecule has 0 bridgehead atoms. The number of hydrogen-bond acceptors (Lipinski definition) is 2. The average Bonchev–Trinajstić information content (AvgIpc) is 2.19. The Hall–Kier alpha value is -0.0800. The van der Waals surface area contributed by atoms with Crippen molar-refractivity contribution in [3.63, 3.8) is 0 Å². The Kier molecular flexibility index (Phi) is 5.40. The lowest BCUT2D eigenvalue weighted by Gasteiger charge is -2.23. The van der Waals surface area contributed by atoms with Gasteiger partial charge in [-0.1, -0.05) is 26.2 Å². The fraction of sp³-hybridized carbons (Fsp3) is 1.00. The van der Waals surface area contributed by atoms with Gasteiger partial charge in [-0.25, -0.2) is 0 Å². The maximum atomic E-state index is 9.35. The molecule has 1 fully saturated rings. The van der Waals surface area contributed by atoms with E-state index < -0.39 is 0 Å². The maximum Gasteiger partial charge on any atom is 0.0549 e. The molecule has 2 nitrogen and oxygen atoms in total. The Labute approximate surface area is 81.7 Å². The number of aliphatic hydroxyl groups is 1. The smallest absolute Gasteiger partial charge is 0.0549 e. The minimum atomic E-state index is -0.101. The van der Waals surface area contributed by atoms with Crippen LogP contribution in [0.3, 0.4) is 0 Å². The zero-order valence-corrected chi connectivity index (χ0v) is 8.76. The van der Waals surface area contributed by atoms with E-state index in [-0.39, 0.29) is 6.10 Å². The van der Waals surface area contributed by atoms with E-state index in [2.05, 4.69) is 5.32 Å². The van der Waals surface area contributed by atoms with E-state index in [0.29, 0.717) is 0 Å². The average molecular weight is 185 g/mol. The van der Waals surface area contributed by atoms with Crippen molar-refractivity contribution in [3.8, 4) is 0 Å². The van der Waals surface area contributed by atoms with Gasteiger partial charge < -0.3 is 10.4 Å². The van der Waals surface area contributed by atoms with Crippen LogP contribution in [0, 0.1) is 0 Å². The second kappa shape index (κ2) is 6.39. The summed E-state index contributed by atoms with van der Waals surface area (Å²) in [7, 11) is 0. The lowest BCUT2D eigenvalue weighted by molar-refractivity contribution is 0.157. The number of rotatable bonds is 5. The van der Waals surface area contributed by atoms with Gasteiger partial charge in [-0.3, -0.25) is 0 Å². The summed E-state index contributed by atoms with van der Waals surface area (Å²) in [5.74, 6) is 0. The van der Waals surface area contributed by atoms with Crippen LogP contribution in [0.15, 0.2) is 0 Å². The van der Waals surface area contributed by atoms with Gasteiger partial charge in [-0.05, 0) is 32.2 Å². The summed E-state index contributed by atoms with van der Waals surface area (Å²) in [5, 5.41) is 12.9. The van der Waals surface area contributed by atoms with Crippen LogP contribution in [-0.2, 0) is 0 Å². The van der Waals surface area contributed by atoms with Gasteiger partial charge in [0.05, 0.1) is 6.10 Å². The molecular weight excluding hydrogens is 162 g/mol. The maximum absolute atomic E-state index is 9.35. The van der Waals surface area contributed by atoms with Gasteiger partial charge in [0.1, 0.15) is 0 Å². The monoisotopic (exact) mass is 185 g/mol. The van der Waals surface area contributed by atoms with Crippen LogP contribution in [0.25, 0.3) is 0 Å². The van der Waals surface area contributed by atoms with Gasteiger partial charge in [0.2, 0.25) is 0 Å². The summed E-state index contributed by atoms with van der Waals surface area (Å²) in [6.07, 6.45) is 8.54. The highest BCUT2D eigenvalue weighted by molar-refractivity contribution is 4.72. The van der Waals surface area contributed by atoms with Crippen LogP contribution in [0.5, 0.6) is 0 Å². The lowest BCUT2D eigenvalue weighted by atomic mass is 9.95. The van der Waals surface area contributed by atoms with Gasteiger partial charge in [0.15, 0.2) is 0 Å². The molecule has 0 radical (unpaired) electrons. The first-order chi connectivity index (χ1) is 6.33. The molecule has 0 heterocycles. The summed E-state index contributed by atoms with van der Waals surface area (Å²) in [6.45, 7) is 3.02. The molecule has 0 spiro atoms. The van der Waals surface area contributed by atoms with Gasteiger partial charge in [0, 0.05) is 6.04 Å². The predicted octanol–water partition coefficient (Wildman–Crippen LogP) is 2.07. The van der Waals surface area contributed by atoms with Crippen LogP contribution in [-0.4, -0.2) is 23.8 Å². The highest BCUT2D eigenvalue weighted by Gasteiger charge is 2.12. The predicted molar refractivity (Wildman–Crippen MR) is 55.8 cm³/mol. The molecule has 1 atom stereocenters. The third-order valence-corrected chi connectivity index (χ3v) is 2.99. The zero-order valence-electron chi connectivity index (χ0n) is 8.76. The van der Waals surface area contributed by atoms with Crippen molar-refractivity contribution in [2.75, 3.05) is 6.54 Å². The molecule has 2 heteroatoms. The second-order valence-corrected chi connectivity index (χ2v) is 4.14. The quantitative estimate of drug-likeness (QED) is 0.687. The molecule has 1 aliphatic rings. The lowest BCUT2D eigenvalue weighted by Crippen LogP contribution is -2.33. The Morgan fingerprint density at radius 2 is 2.00 bits per heavy atom. The van der Waals surface area contributed by atoms with E-state index >= 15 is 0 Å². The number of aliphatic hydroxyl groups excluding tert-OH is 1. The van der Waals surface area contributed by atoms with Gasteiger partial charge >= 0.3 is 0 Å². The molecule has 1 saturated carbocycles. The van der Waals surface area contributed by atoms with Crippen LogP contribution >= 0.6 is 0 Å². The van der Waals surface area contributed by atoms with Crippen molar-refractivity contribution in [2.45, 2.75) is 64.0 Å². The molecule has 0 aliphatic heterocycles. The van der Waals surface area contributed by atoms with Crippen molar-refractivity contribution >= 4 is 0 Å². The van der Waals surface area contributed by atoms with Crippen LogP contribution in [0.1, 0.15) is 51.9 Å². The standard InChI is InChI=1S/C11H23NO/c1-2-11(13)8-9-12-10-6-4-3-5-7-10/h10-13H,2-9H2,1H3. The van der Waals surface area contributed by atoms with E-state index in [0.717, 1.165) is 25.4 Å². The molecule has 1 unspecified atom stereocenters. The molecule has 0 saturated heterocycles. The Balaban J connectivity index is 1.98. The molecule has 0 aromatic heterocycles. The highest BCUT2D eigenvalue weighted by Crippen LogP contribution is 2.17. The first-order valence-electron chi connectivity index (χ1n) is 5.74. The van der Waals surface area contributed by atoms with Crippen LogP contribution in [0.4, 0.5) is 0 Å². The second-order valence-electron chi connectivity index (χ2n) is 4.14. The largest absolute Gasteiger partial charge is 0.393 e. The third-order valence-electron chi connectivity index (χ3n) is 2.99. The molecule has 0 aromatic rings. The normalized spacial score (nSPS) is 21.7. The van der Waals surface area contributed by atoms with E-state index in [1.54, 1.807) is 0 Å². The first kappa shape index (κ1) is 11.0. The third kappa shape index (κ3) is 4.63. The van der Waals surface area contributed by atoms with E-state index in [1.165, 1.54) is 32.1 Å². The van der Waals surface area contributed by atoms with Crippen LogP contribution < -0.4 is 5.32 Å². The van der Waals surface area contributed by atoms with E-state index in [1.807, 2.05) is 6.92 Å². The SMILES string of the molecule is CCC(O)CCNC1CCCCC1. The van der Waals surface area contributed by atoms with E-state index in [4.69, 9.17) is 0 Å². The topological polar surface area (TPSA) is 32.3 Å². The fourth-order valence-electron chi connectivity index (χ4n) is 1.96. The van der Waals surface area contributed by atoms with Crippen molar-refractivity contribution in [1.29, 1.82) is 0 Å². The zero-order chi connectivity index (χ0) is 9.52. The molecule has 13 heavy (non-hydrogen) atoms. The molecular formula is C11H23NO. The Bertz CT molecular complexity index is 121. The van der Waals surface area contributed by atoms with Crippen molar-refractivity contribution in [3.05, 3.63) is 0 Å². The highest BCUT2D eigenvalue weighted by atomic mass is 16.3. The first-order valence-corrected chi connectivity index (χ1v) is 5.74. The number of nitrogens with one attached hydrogen (secondary N) is 1. The fourth-order valence-corrected chi connectivity index (χ4v) is 1.96. The molecule has 78 valence electrons. The summed E-state index contributed by atoms with van der Waals surface area (Å²) in [4.78, 5) is 0. The van der Waals surface area contributed by atoms with Gasteiger partial charge in [-0.2, -0.15) is 0 Å². The minimum absolute atomic E-state index is 0.101. The van der Waals surface area contributed by atoms with Crippen molar-refractivity contribution < 1.29 is 5.11 Å². The molecule has 1 rings (SSSR count). The molecule has 2 N–H and O–H groups in total. The van der Waals surface area contributed by atoms with Gasteiger partial charge in [-0.15, -0.1) is 0 Å². The summed E-state index contributed by atoms with van der Waals surface area (Å²) in [5.41, 5.74) is 0. The van der Waals surface area contributed by atoms with Crippen molar-refractivity contribution in [1.82, 2.24) is 5.32 Å². The summed E-state index contributed by atoms with van der Waals surface area (Å²) >= 11 is 0. The van der Waals surface area contributed by atoms with Crippen LogP contribution in [0.2, 0.25) is 0 Å². The summed E-state index contributed by atoms with van der Waals surface area (Å²) < 4.78 is 0. The van der Waals surface area contributed by atoms with Crippen molar-refractivity contribution in [2.24, 2.45) is 0 Å². The van der Waals surface area contributed by atoms with Gasteiger partial charge in [0.25, 0.3) is 0 Å². The molecule has 1 aliphatic carbocycles.